The SMILES string of the molecule is COC1C(C(=O)NNC(=O)CCCCC(=O)NN)OC(OC2C(O)C(CO)OC(C)C2NC(C)=O)C(O)C1O. The van der Waals surface area contributed by atoms with E-state index in [0.29, 0.717) is 12.8 Å². The van der Waals surface area contributed by atoms with Crippen LogP contribution in [0.3, 0.4) is 0 Å². The van der Waals surface area contributed by atoms with Crippen molar-refractivity contribution in [1.29, 1.82) is 0 Å². The van der Waals surface area contributed by atoms with Crippen LogP contribution in [0.5, 0.6) is 0 Å². The Morgan fingerprint density at radius 1 is 0.923 bits per heavy atom. The minimum Gasteiger partial charge on any atom is -0.394 e. The molecular formula is C22H39N5O12. The number of methoxy groups -OCH3 is 1. The maximum absolute atomic E-state index is 12.8. The molecule has 2 aliphatic rings. The third-order valence-electron chi connectivity index (χ3n) is 6.43. The zero-order valence-corrected chi connectivity index (χ0v) is 21.9. The summed E-state index contributed by atoms with van der Waals surface area (Å²) in [5.41, 5.74) is 6.32. The molecule has 39 heavy (non-hydrogen) atoms. The van der Waals surface area contributed by atoms with Gasteiger partial charge in [-0.2, -0.15) is 0 Å². The summed E-state index contributed by atoms with van der Waals surface area (Å²) in [6.07, 6.45) is -11.9. The van der Waals surface area contributed by atoms with Gasteiger partial charge >= 0.3 is 0 Å². The van der Waals surface area contributed by atoms with E-state index in [0.717, 1.165) is 0 Å². The number of carbonyl (C=O) groups excluding carboxylic acids is 4. The van der Waals surface area contributed by atoms with Crippen molar-refractivity contribution in [3.8, 4) is 0 Å². The average molecular weight is 566 g/mol. The Morgan fingerprint density at radius 2 is 1.56 bits per heavy atom. The quantitative estimate of drug-likeness (QED) is 0.0493. The van der Waals surface area contributed by atoms with E-state index >= 15 is 0 Å². The molecule has 2 aliphatic heterocycles. The summed E-state index contributed by atoms with van der Waals surface area (Å²) in [7, 11) is 1.17. The summed E-state index contributed by atoms with van der Waals surface area (Å²) in [5.74, 6) is 2.63. The second kappa shape index (κ2) is 15.3. The number of rotatable bonds is 11. The van der Waals surface area contributed by atoms with Crippen molar-refractivity contribution in [1.82, 2.24) is 21.6 Å². The fraction of sp³-hybridized carbons (Fsp3) is 0.818. The third kappa shape index (κ3) is 8.75. The molecule has 0 spiro atoms. The van der Waals surface area contributed by atoms with Crippen molar-refractivity contribution in [2.75, 3.05) is 13.7 Å². The largest absolute Gasteiger partial charge is 0.394 e. The molecule has 17 nitrogen and oxygen atoms in total. The third-order valence-corrected chi connectivity index (χ3v) is 6.43. The zero-order chi connectivity index (χ0) is 29.3. The lowest BCUT2D eigenvalue weighted by molar-refractivity contribution is -0.325. The number of aliphatic hydroxyl groups excluding tert-OH is 4. The van der Waals surface area contributed by atoms with E-state index < -0.39 is 85.5 Å². The molecule has 224 valence electrons. The monoisotopic (exact) mass is 565 g/mol. The highest BCUT2D eigenvalue weighted by molar-refractivity contribution is 5.85. The molecule has 0 saturated carbocycles. The molecule has 17 heteroatoms. The van der Waals surface area contributed by atoms with Crippen LogP contribution < -0.4 is 27.4 Å². The summed E-state index contributed by atoms with van der Waals surface area (Å²) in [6, 6.07) is -0.948. The molecular weight excluding hydrogens is 526 g/mol. The van der Waals surface area contributed by atoms with E-state index in [1.54, 1.807) is 6.92 Å². The Kier molecular flexibility index (Phi) is 12.9. The molecule has 0 aliphatic carbocycles. The lowest BCUT2D eigenvalue weighted by Gasteiger charge is -2.47. The number of hydrogen-bond donors (Lipinski definition) is 9. The second-order valence-electron chi connectivity index (χ2n) is 9.30. The molecule has 10 atom stereocenters. The van der Waals surface area contributed by atoms with Gasteiger partial charge in [0.25, 0.3) is 5.91 Å². The number of hydrogen-bond acceptors (Lipinski definition) is 13. The van der Waals surface area contributed by atoms with Crippen LogP contribution in [-0.4, -0.2) is 119 Å². The molecule has 0 bridgehead atoms. The number of aliphatic hydroxyl groups is 4. The van der Waals surface area contributed by atoms with Gasteiger partial charge in [0.05, 0.1) is 18.8 Å². The minimum absolute atomic E-state index is 0.0131. The fourth-order valence-corrected chi connectivity index (χ4v) is 4.37. The van der Waals surface area contributed by atoms with Gasteiger partial charge < -0.3 is 44.7 Å². The summed E-state index contributed by atoms with van der Waals surface area (Å²) in [5, 5.41) is 44.2. The highest BCUT2D eigenvalue weighted by atomic mass is 16.7. The van der Waals surface area contributed by atoms with Gasteiger partial charge in [0, 0.05) is 26.9 Å². The van der Waals surface area contributed by atoms with Crippen LogP contribution in [0.2, 0.25) is 0 Å². The van der Waals surface area contributed by atoms with Crippen LogP contribution in [0.1, 0.15) is 39.5 Å². The van der Waals surface area contributed by atoms with Gasteiger partial charge in [-0.3, -0.25) is 35.5 Å². The number of carbonyl (C=O) groups is 4. The predicted molar refractivity (Wildman–Crippen MR) is 128 cm³/mol. The van der Waals surface area contributed by atoms with Crippen molar-refractivity contribution in [2.24, 2.45) is 5.84 Å². The van der Waals surface area contributed by atoms with Crippen LogP contribution in [0.25, 0.3) is 0 Å². The van der Waals surface area contributed by atoms with Crippen molar-refractivity contribution in [2.45, 2.75) is 101 Å². The molecule has 0 aromatic rings. The molecule has 10 N–H and O–H groups in total. The summed E-state index contributed by atoms with van der Waals surface area (Å²) in [4.78, 5) is 47.8. The topological polar surface area (TPSA) is 260 Å². The Bertz CT molecular complexity index is 850. The molecule has 2 saturated heterocycles. The van der Waals surface area contributed by atoms with Gasteiger partial charge in [0.15, 0.2) is 12.4 Å². The van der Waals surface area contributed by atoms with Crippen LogP contribution in [0, 0.1) is 0 Å². The van der Waals surface area contributed by atoms with Gasteiger partial charge in [-0.1, -0.05) is 0 Å². The van der Waals surface area contributed by atoms with Crippen LogP contribution in [0.15, 0.2) is 0 Å². The second-order valence-corrected chi connectivity index (χ2v) is 9.30. The summed E-state index contributed by atoms with van der Waals surface area (Å²) >= 11 is 0. The molecule has 4 amide bonds. The highest BCUT2D eigenvalue weighted by Crippen LogP contribution is 2.30. The van der Waals surface area contributed by atoms with Crippen molar-refractivity contribution in [3.05, 3.63) is 0 Å². The normalized spacial score (nSPS) is 34.6. The van der Waals surface area contributed by atoms with E-state index in [9.17, 15) is 39.6 Å². The molecule has 0 radical (unpaired) electrons. The number of nitrogens with one attached hydrogen (secondary N) is 4. The molecule has 2 rings (SSSR count). The highest BCUT2D eigenvalue weighted by Gasteiger charge is 2.52. The summed E-state index contributed by atoms with van der Waals surface area (Å²) in [6.45, 7) is 2.23. The molecule has 0 aromatic carbocycles. The average Bonchev–Trinajstić information content (AvgIpc) is 2.90. The van der Waals surface area contributed by atoms with Crippen molar-refractivity contribution < 1.29 is 58.6 Å². The number of amides is 4. The Morgan fingerprint density at radius 3 is 2.13 bits per heavy atom. The standard InChI is InChI=1S/C22H39N5O12/c1-9-14(24-10(2)29)18(15(32)11(8-28)37-9)38-22-17(34)16(33)19(36-3)20(39-22)21(35)27-26-13(31)7-5-4-6-12(30)25-23/h9,11,14-20,22,28,32-34H,4-8,23H2,1-3H3,(H,24,29)(H,25,30)(H,26,31)(H,27,35). The lowest BCUT2D eigenvalue weighted by atomic mass is 9.92. The maximum Gasteiger partial charge on any atom is 0.270 e. The number of unbranched alkanes of at least 4 members (excludes halogenated alkanes) is 1. The van der Waals surface area contributed by atoms with Crippen molar-refractivity contribution >= 4 is 23.6 Å². The Hall–Kier alpha value is -2.48. The molecule has 0 aromatic heterocycles. The molecule has 2 heterocycles. The first kappa shape index (κ1) is 32.7. The zero-order valence-electron chi connectivity index (χ0n) is 21.9. The predicted octanol–water partition coefficient (Wildman–Crippen LogP) is -4.82. The number of ether oxygens (including phenoxy) is 4. The first-order valence-electron chi connectivity index (χ1n) is 12.4. The van der Waals surface area contributed by atoms with Crippen LogP contribution in [-0.2, 0) is 38.1 Å². The fourth-order valence-electron chi connectivity index (χ4n) is 4.37. The molecule has 2 fully saturated rings. The van der Waals surface area contributed by atoms with Crippen LogP contribution >= 0.6 is 0 Å². The first-order valence-corrected chi connectivity index (χ1v) is 12.4. The van der Waals surface area contributed by atoms with Gasteiger partial charge in [-0.25, -0.2) is 5.84 Å². The van der Waals surface area contributed by atoms with Crippen LogP contribution in [0.4, 0.5) is 0 Å². The molecule has 10 unspecified atom stereocenters. The Labute approximate surface area is 224 Å². The number of hydrazine groups is 2. The van der Waals surface area contributed by atoms with E-state index in [1.165, 1.54) is 14.0 Å². The smallest absolute Gasteiger partial charge is 0.270 e. The Balaban J connectivity index is 2.08. The lowest BCUT2D eigenvalue weighted by Crippen LogP contribution is -2.68. The van der Waals surface area contributed by atoms with E-state index in [4.69, 9.17) is 24.8 Å². The maximum atomic E-state index is 12.8. The minimum atomic E-state index is -1.75. The van der Waals surface area contributed by atoms with E-state index in [1.807, 2.05) is 5.43 Å². The van der Waals surface area contributed by atoms with E-state index in [-0.39, 0.29) is 18.7 Å². The summed E-state index contributed by atoms with van der Waals surface area (Å²) < 4.78 is 22.1. The first-order chi connectivity index (χ1) is 18.4. The van der Waals surface area contributed by atoms with Gasteiger partial charge in [-0.05, 0) is 19.8 Å². The van der Waals surface area contributed by atoms with E-state index in [2.05, 4.69) is 16.2 Å². The number of nitrogens with two attached hydrogens (primary N) is 1. The van der Waals surface area contributed by atoms with Gasteiger partial charge in [0.1, 0.15) is 36.6 Å². The van der Waals surface area contributed by atoms with Crippen molar-refractivity contribution in [3.63, 3.8) is 0 Å². The van der Waals surface area contributed by atoms with Gasteiger partial charge in [-0.15, -0.1) is 0 Å². The van der Waals surface area contributed by atoms with Gasteiger partial charge in [0.2, 0.25) is 17.7 Å².